The zero-order chi connectivity index (χ0) is 15.4. The SMILES string of the molecule is NC(=S)c1ccccc1NC(=O)c1cccc([NH+]([O-])O)c1. The van der Waals surface area contributed by atoms with Gasteiger partial charge in [-0.1, -0.05) is 30.4 Å². The molecule has 1 amide bonds. The maximum absolute atomic E-state index is 12.2. The third-order valence-corrected chi connectivity index (χ3v) is 3.03. The van der Waals surface area contributed by atoms with Gasteiger partial charge in [0, 0.05) is 23.3 Å². The van der Waals surface area contributed by atoms with Crippen LogP contribution in [0.4, 0.5) is 11.4 Å². The van der Waals surface area contributed by atoms with Crippen molar-refractivity contribution in [1.82, 2.24) is 0 Å². The molecule has 5 N–H and O–H groups in total. The van der Waals surface area contributed by atoms with E-state index in [2.05, 4.69) is 5.32 Å². The lowest BCUT2D eigenvalue weighted by Gasteiger charge is -2.13. The van der Waals surface area contributed by atoms with E-state index in [0.29, 0.717) is 11.3 Å². The number of nitrogens with two attached hydrogens (primary N) is 1. The van der Waals surface area contributed by atoms with Gasteiger partial charge in [-0.25, -0.2) is 5.21 Å². The second kappa shape index (κ2) is 6.42. The molecule has 2 aromatic rings. The number of rotatable bonds is 4. The van der Waals surface area contributed by atoms with Crippen LogP contribution in [-0.4, -0.2) is 16.1 Å². The summed E-state index contributed by atoms with van der Waals surface area (Å²) in [6.07, 6.45) is 0. The number of thiocarbonyl (C=S) groups is 1. The highest BCUT2D eigenvalue weighted by atomic mass is 32.1. The number of carbonyl (C=O) groups is 1. The van der Waals surface area contributed by atoms with Crippen molar-refractivity contribution in [2.75, 3.05) is 5.32 Å². The summed E-state index contributed by atoms with van der Waals surface area (Å²) in [5.74, 6) is -0.429. The van der Waals surface area contributed by atoms with E-state index >= 15 is 0 Å². The fourth-order valence-corrected chi connectivity index (χ4v) is 1.97. The fraction of sp³-hybridized carbons (Fsp3) is 0. The van der Waals surface area contributed by atoms with Crippen molar-refractivity contribution in [1.29, 1.82) is 0 Å². The van der Waals surface area contributed by atoms with Gasteiger partial charge >= 0.3 is 0 Å². The number of carbonyl (C=O) groups excluding carboxylic acids is 1. The summed E-state index contributed by atoms with van der Waals surface area (Å²) in [5.41, 5.74) is 6.92. The Balaban J connectivity index is 2.26. The second-order valence-electron chi connectivity index (χ2n) is 4.25. The maximum atomic E-state index is 12.2. The van der Waals surface area contributed by atoms with Crippen molar-refractivity contribution < 1.29 is 15.2 Å². The lowest BCUT2D eigenvalue weighted by Crippen LogP contribution is -2.99. The molecule has 6 nitrogen and oxygen atoms in total. The van der Waals surface area contributed by atoms with E-state index < -0.39 is 11.1 Å². The molecule has 21 heavy (non-hydrogen) atoms. The van der Waals surface area contributed by atoms with Crippen molar-refractivity contribution >= 4 is 34.5 Å². The van der Waals surface area contributed by atoms with Gasteiger partial charge in [-0.05, 0) is 18.2 Å². The van der Waals surface area contributed by atoms with Gasteiger partial charge in [0.15, 0.2) is 5.69 Å². The second-order valence-corrected chi connectivity index (χ2v) is 4.69. The molecular weight excluding hydrogens is 290 g/mol. The maximum Gasteiger partial charge on any atom is 0.255 e. The normalized spacial score (nSPS) is 11.7. The van der Waals surface area contributed by atoms with Gasteiger partial charge in [0.05, 0.1) is 5.69 Å². The molecule has 108 valence electrons. The molecule has 0 heterocycles. The van der Waals surface area contributed by atoms with Crippen molar-refractivity contribution in [3.63, 3.8) is 0 Å². The van der Waals surface area contributed by atoms with Gasteiger partial charge < -0.3 is 16.3 Å². The molecule has 0 spiro atoms. The monoisotopic (exact) mass is 303 g/mol. The predicted molar refractivity (Wildman–Crippen MR) is 82.5 cm³/mol. The van der Waals surface area contributed by atoms with Crippen LogP contribution in [0.15, 0.2) is 48.5 Å². The molecule has 7 heteroatoms. The van der Waals surface area contributed by atoms with Crippen molar-refractivity contribution in [2.24, 2.45) is 5.73 Å². The molecule has 2 rings (SSSR count). The summed E-state index contributed by atoms with van der Waals surface area (Å²) in [5, 5.41) is 21.4. The molecule has 2 aromatic carbocycles. The van der Waals surface area contributed by atoms with E-state index in [1.165, 1.54) is 24.3 Å². The third kappa shape index (κ3) is 3.61. The van der Waals surface area contributed by atoms with Gasteiger partial charge in [0.2, 0.25) is 0 Å². The standard InChI is InChI=1S/C14H13N3O3S/c15-13(21)11-6-1-2-7-12(11)16-14(18)9-4-3-5-10(8-9)17(19)20/h1-8,17,19H,(H2,15,21)(H,16,18). The molecule has 0 saturated carbocycles. The molecule has 0 bridgehead atoms. The van der Waals surface area contributed by atoms with E-state index in [0.717, 1.165) is 0 Å². The molecule has 0 fully saturated rings. The molecule has 1 atom stereocenters. The first-order chi connectivity index (χ1) is 9.99. The average molecular weight is 303 g/mol. The number of hydrogen-bond donors (Lipinski definition) is 4. The van der Waals surface area contributed by atoms with Crippen LogP contribution in [-0.2, 0) is 0 Å². The fourth-order valence-electron chi connectivity index (χ4n) is 1.79. The summed E-state index contributed by atoms with van der Waals surface area (Å²) in [4.78, 5) is 12.3. The van der Waals surface area contributed by atoms with Crippen molar-refractivity contribution in [2.45, 2.75) is 0 Å². The van der Waals surface area contributed by atoms with E-state index in [1.807, 2.05) is 0 Å². The minimum absolute atomic E-state index is 0.0466. The van der Waals surface area contributed by atoms with Gasteiger partial charge in [0.25, 0.3) is 5.91 Å². The van der Waals surface area contributed by atoms with Crippen LogP contribution in [0, 0.1) is 5.21 Å². The largest absolute Gasteiger partial charge is 0.595 e. The van der Waals surface area contributed by atoms with Crippen LogP contribution in [0.2, 0.25) is 0 Å². The van der Waals surface area contributed by atoms with Crippen molar-refractivity contribution in [3.8, 4) is 0 Å². The van der Waals surface area contributed by atoms with Gasteiger partial charge in [-0.15, -0.1) is 0 Å². The highest BCUT2D eigenvalue weighted by molar-refractivity contribution is 7.80. The number of amides is 1. The van der Waals surface area contributed by atoms with Crippen LogP contribution in [0.3, 0.4) is 0 Å². The zero-order valence-corrected chi connectivity index (χ0v) is 11.7. The smallest absolute Gasteiger partial charge is 0.255 e. The summed E-state index contributed by atoms with van der Waals surface area (Å²) in [6, 6.07) is 12.6. The molecular formula is C14H13N3O3S. The number of quaternary nitrogens is 1. The number of hydrogen-bond acceptors (Lipinski definition) is 4. The molecule has 0 radical (unpaired) electrons. The average Bonchev–Trinajstić information content (AvgIpc) is 2.47. The Labute approximate surface area is 126 Å². The number of benzene rings is 2. The Morgan fingerprint density at radius 3 is 2.62 bits per heavy atom. The number of para-hydroxylation sites is 1. The van der Waals surface area contributed by atoms with Gasteiger partial charge in [0.1, 0.15) is 4.99 Å². The summed E-state index contributed by atoms with van der Waals surface area (Å²) in [6.45, 7) is 0. The zero-order valence-electron chi connectivity index (χ0n) is 10.9. The Hall–Kier alpha value is -2.32. The molecule has 0 aliphatic heterocycles. The Morgan fingerprint density at radius 1 is 1.24 bits per heavy atom. The van der Waals surface area contributed by atoms with Gasteiger partial charge in [-0.3, -0.25) is 4.79 Å². The quantitative estimate of drug-likeness (QED) is 0.498. The molecule has 0 aromatic heterocycles. The predicted octanol–water partition coefficient (Wildman–Crippen LogP) is 0.976. The minimum atomic E-state index is -1.09. The third-order valence-electron chi connectivity index (χ3n) is 2.81. The van der Waals surface area contributed by atoms with Crippen LogP contribution in [0.25, 0.3) is 0 Å². The first kappa shape index (κ1) is 15.1. The first-order valence-corrected chi connectivity index (χ1v) is 6.43. The van der Waals surface area contributed by atoms with Crippen LogP contribution < -0.4 is 16.3 Å². The van der Waals surface area contributed by atoms with Crippen LogP contribution in [0.1, 0.15) is 15.9 Å². The minimum Gasteiger partial charge on any atom is -0.595 e. The van der Waals surface area contributed by atoms with E-state index in [9.17, 15) is 10.0 Å². The highest BCUT2D eigenvalue weighted by Crippen LogP contribution is 2.16. The number of nitrogens with one attached hydrogen (secondary N) is 2. The highest BCUT2D eigenvalue weighted by Gasteiger charge is 2.12. The Bertz CT molecular complexity index is 689. The summed E-state index contributed by atoms with van der Waals surface area (Å²) >= 11 is 4.92. The van der Waals surface area contributed by atoms with Crippen LogP contribution >= 0.6 is 12.2 Å². The molecule has 0 aliphatic rings. The van der Waals surface area contributed by atoms with E-state index in [1.54, 1.807) is 24.3 Å². The summed E-state index contributed by atoms with van der Waals surface area (Å²) in [7, 11) is 0. The van der Waals surface area contributed by atoms with E-state index in [4.69, 9.17) is 23.2 Å². The van der Waals surface area contributed by atoms with Crippen LogP contribution in [0.5, 0.6) is 0 Å². The van der Waals surface area contributed by atoms with Crippen molar-refractivity contribution in [3.05, 3.63) is 64.9 Å². The topological polar surface area (TPSA) is 103 Å². The Kier molecular flexibility index (Phi) is 4.61. The molecule has 1 unspecified atom stereocenters. The Morgan fingerprint density at radius 2 is 1.95 bits per heavy atom. The lowest BCUT2D eigenvalue weighted by molar-refractivity contribution is -0.991. The van der Waals surface area contributed by atoms with E-state index in [-0.39, 0.29) is 16.2 Å². The van der Waals surface area contributed by atoms with Gasteiger partial charge in [-0.2, -0.15) is 5.23 Å². The lowest BCUT2D eigenvalue weighted by atomic mass is 10.1. The number of anilines is 1. The molecule has 0 aliphatic carbocycles. The first-order valence-electron chi connectivity index (χ1n) is 6.02. The summed E-state index contributed by atoms with van der Waals surface area (Å²) < 4.78 is 0. The molecule has 0 saturated heterocycles.